The van der Waals surface area contributed by atoms with Gasteiger partial charge in [0.05, 0.1) is 39.9 Å². The van der Waals surface area contributed by atoms with Gasteiger partial charge in [0.25, 0.3) is 11.8 Å². The molecule has 3 aromatic rings. The predicted molar refractivity (Wildman–Crippen MR) is 150 cm³/mol. The van der Waals surface area contributed by atoms with Crippen LogP contribution in [-0.4, -0.2) is 42.5 Å². The summed E-state index contributed by atoms with van der Waals surface area (Å²) in [6.07, 6.45) is -3.68. The van der Waals surface area contributed by atoms with Gasteiger partial charge in [-0.25, -0.2) is 14.5 Å². The fourth-order valence-electron chi connectivity index (χ4n) is 3.99. The second-order valence-corrected chi connectivity index (χ2v) is 9.65. The Kier molecular flexibility index (Phi) is 9.03. The maximum Gasteiger partial charge on any atom is 0.416 e. The third-order valence-electron chi connectivity index (χ3n) is 5.99. The number of ether oxygens (including phenoxy) is 3. The first-order chi connectivity index (χ1) is 20.7. The van der Waals surface area contributed by atoms with Crippen LogP contribution in [0.2, 0.25) is 0 Å². The summed E-state index contributed by atoms with van der Waals surface area (Å²) in [4.78, 5) is 61.4. The largest absolute Gasteiger partial charge is 0.490 e. The molecule has 16 heteroatoms. The van der Waals surface area contributed by atoms with E-state index in [2.05, 4.69) is 26.0 Å². The Balaban J connectivity index is 1.71. The fourth-order valence-corrected chi connectivity index (χ4v) is 4.53. The van der Waals surface area contributed by atoms with Crippen molar-refractivity contribution < 1.29 is 51.5 Å². The lowest BCUT2D eigenvalue weighted by Gasteiger charge is -2.26. The topological polar surface area (TPSA) is 154 Å². The highest BCUT2D eigenvalue weighted by Crippen LogP contribution is 2.44. The van der Waals surface area contributed by atoms with E-state index in [-0.39, 0.29) is 39.4 Å². The normalized spacial score (nSPS) is 14.4. The molecule has 0 bridgehead atoms. The van der Waals surface area contributed by atoms with Crippen molar-refractivity contribution >= 4 is 57.2 Å². The third kappa shape index (κ3) is 6.54. The molecule has 4 amide bonds. The standard InChI is InChI=1S/C28H19BrF3N3O9/c1-3-43-22-12-14(11-19(29)23(22)44-21-9-6-16(28(30,31)32)13-20(21)35(40)41)10-18-24(36)33-27(39)34(25(18)37)17-7-4-15(5-8-17)26(38)42-2/h4-13H,3H2,1-2H3,(H,33,36,39)/b18-10+. The number of hydrogen-bond acceptors (Lipinski definition) is 9. The number of alkyl halides is 3. The summed E-state index contributed by atoms with van der Waals surface area (Å²) in [6.45, 7) is 1.66. The summed E-state index contributed by atoms with van der Waals surface area (Å²) in [5.41, 5.74) is -2.26. The van der Waals surface area contributed by atoms with Crippen molar-refractivity contribution in [2.24, 2.45) is 0 Å². The van der Waals surface area contributed by atoms with Gasteiger partial charge in [0.15, 0.2) is 11.5 Å². The summed E-state index contributed by atoms with van der Waals surface area (Å²) in [6, 6.07) is 8.69. The maximum absolute atomic E-state index is 13.3. The SMILES string of the molecule is CCOc1cc(/C=C2\C(=O)NC(=O)N(c3ccc(C(=O)OC)cc3)C2=O)cc(Br)c1Oc1ccc(C(F)(F)F)cc1[N+](=O)[O-]. The van der Waals surface area contributed by atoms with Gasteiger partial charge >= 0.3 is 23.9 Å². The minimum Gasteiger partial charge on any atom is -0.490 e. The van der Waals surface area contributed by atoms with Crippen molar-refractivity contribution in [3.63, 3.8) is 0 Å². The van der Waals surface area contributed by atoms with Gasteiger partial charge in [0, 0.05) is 6.07 Å². The summed E-state index contributed by atoms with van der Waals surface area (Å²) in [7, 11) is 1.19. The third-order valence-corrected chi connectivity index (χ3v) is 6.58. The van der Waals surface area contributed by atoms with Gasteiger partial charge in [0.2, 0.25) is 5.75 Å². The van der Waals surface area contributed by atoms with Crippen LogP contribution in [0.4, 0.5) is 29.3 Å². The van der Waals surface area contributed by atoms with Gasteiger partial charge in [-0.2, -0.15) is 13.2 Å². The Hall–Kier alpha value is -5.25. The monoisotopic (exact) mass is 677 g/mol. The molecule has 228 valence electrons. The average molecular weight is 678 g/mol. The second kappa shape index (κ2) is 12.5. The van der Waals surface area contributed by atoms with Crippen LogP contribution in [0.3, 0.4) is 0 Å². The first kappa shape index (κ1) is 31.7. The molecule has 1 aliphatic rings. The summed E-state index contributed by atoms with van der Waals surface area (Å²) in [5.74, 6) is -3.32. The quantitative estimate of drug-likeness (QED) is 0.0991. The number of nitro benzene ring substituents is 1. The Morgan fingerprint density at radius 3 is 2.34 bits per heavy atom. The van der Waals surface area contributed by atoms with Crippen molar-refractivity contribution in [2.75, 3.05) is 18.6 Å². The van der Waals surface area contributed by atoms with Gasteiger partial charge < -0.3 is 14.2 Å². The number of amides is 4. The van der Waals surface area contributed by atoms with Gasteiger partial charge in [-0.3, -0.25) is 25.0 Å². The Labute approximate surface area is 254 Å². The number of barbiturate groups is 1. The van der Waals surface area contributed by atoms with Crippen LogP contribution in [-0.2, 0) is 20.5 Å². The summed E-state index contributed by atoms with van der Waals surface area (Å²) >= 11 is 3.24. The lowest BCUT2D eigenvalue weighted by atomic mass is 10.1. The molecule has 0 aliphatic carbocycles. The summed E-state index contributed by atoms with van der Waals surface area (Å²) < 4.78 is 55.3. The van der Waals surface area contributed by atoms with Crippen LogP contribution < -0.4 is 19.7 Å². The zero-order valence-corrected chi connectivity index (χ0v) is 24.1. The molecule has 0 aromatic heterocycles. The number of esters is 1. The molecule has 0 atom stereocenters. The lowest BCUT2D eigenvalue weighted by molar-refractivity contribution is -0.385. The highest BCUT2D eigenvalue weighted by molar-refractivity contribution is 9.10. The first-order valence-electron chi connectivity index (χ1n) is 12.3. The number of rotatable bonds is 8. The zero-order chi connectivity index (χ0) is 32.3. The maximum atomic E-state index is 13.3. The van der Waals surface area contributed by atoms with Gasteiger partial charge in [-0.1, -0.05) is 0 Å². The lowest BCUT2D eigenvalue weighted by Crippen LogP contribution is -2.54. The van der Waals surface area contributed by atoms with Crippen LogP contribution in [0, 0.1) is 10.1 Å². The number of methoxy groups -OCH3 is 1. The van der Waals surface area contributed by atoms with Crippen molar-refractivity contribution in [3.05, 3.63) is 91.4 Å². The van der Waals surface area contributed by atoms with Crippen molar-refractivity contribution in [3.8, 4) is 17.2 Å². The van der Waals surface area contributed by atoms with Crippen molar-refractivity contribution in [1.29, 1.82) is 0 Å². The number of nitrogens with zero attached hydrogens (tertiary/aromatic N) is 2. The minimum absolute atomic E-state index is 0.0436. The number of carbonyl (C=O) groups excluding carboxylic acids is 4. The first-order valence-corrected chi connectivity index (χ1v) is 13.1. The number of anilines is 1. The Morgan fingerprint density at radius 2 is 1.75 bits per heavy atom. The highest BCUT2D eigenvalue weighted by atomic mass is 79.9. The molecule has 0 spiro atoms. The van der Waals surface area contributed by atoms with Crippen molar-refractivity contribution in [2.45, 2.75) is 13.1 Å². The molecule has 1 heterocycles. The van der Waals surface area contributed by atoms with Crippen LogP contribution in [0.25, 0.3) is 6.08 Å². The predicted octanol–water partition coefficient (Wildman–Crippen LogP) is 6.02. The molecular weight excluding hydrogens is 659 g/mol. The Morgan fingerprint density at radius 1 is 1.07 bits per heavy atom. The molecule has 1 N–H and O–H groups in total. The van der Waals surface area contributed by atoms with E-state index in [0.29, 0.717) is 17.0 Å². The average Bonchev–Trinajstić information content (AvgIpc) is 2.96. The number of halogens is 4. The zero-order valence-electron chi connectivity index (χ0n) is 22.6. The number of benzene rings is 3. The van der Waals surface area contributed by atoms with E-state index in [9.17, 15) is 42.5 Å². The molecule has 4 rings (SSSR count). The highest BCUT2D eigenvalue weighted by Gasteiger charge is 2.37. The second-order valence-electron chi connectivity index (χ2n) is 8.80. The van der Waals surface area contributed by atoms with E-state index >= 15 is 0 Å². The summed E-state index contributed by atoms with van der Waals surface area (Å²) in [5, 5.41) is 13.6. The minimum atomic E-state index is -4.83. The fraction of sp³-hybridized carbons (Fsp3) is 0.143. The van der Waals surface area contributed by atoms with E-state index in [1.165, 1.54) is 43.5 Å². The van der Waals surface area contributed by atoms with Gasteiger partial charge in [-0.05, 0) is 83.0 Å². The number of urea groups is 1. The number of nitro groups is 1. The molecular formula is C28H19BrF3N3O9. The van der Waals surface area contributed by atoms with Gasteiger partial charge in [-0.15, -0.1) is 0 Å². The van der Waals surface area contributed by atoms with E-state index in [4.69, 9.17) is 9.47 Å². The molecule has 3 aromatic carbocycles. The van der Waals surface area contributed by atoms with E-state index in [0.717, 1.165) is 12.1 Å². The molecule has 1 saturated heterocycles. The number of nitrogens with one attached hydrogen (secondary N) is 1. The van der Waals surface area contributed by atoms with E-state index < -0.39 is 57.5 Å². The molecule has 0 saturated carbocycles. The van der Waals surface area contributed by atoms with Crippen LogP contribution >= 0.6 is 15.9 Å². The molecule has 0 radical (unpaired) electrons. The van der Waals surface area contributed by atoms with Crippen molar-refractivity contribution in [1.82, 2.24) is 5.32 Å². The molecule has 1 aliphatic heterocycles. The smallest absolute Gasteiger partial charge is 0.416 e. The van der Waals surface area contributed by atoms with E-state index in [1.807, 2.05) is 0 Å². The Bertz CT molecular complexity index is 1720. The molecule has 1 fully saturated rings. The number of carbonyl (C=O) groups is 4. The van der Waals surface area contributed by atoms with Crippen LogP contribution in [0.1, 0.15) is 28.4 Å². The van der Waals surface area contributed by atoms with E-state index in [1.54, 1.807) is 6.92 Å². The van der Waals surface area contributed by atoms with Crippen LogP contribution in [0.5, 0.6) is 17.2 Å². The van der Waals surface area contributed by atoms with Gasteiger partial charge in [0.1, 0.15) is 5.57 Å². The number of imide groups is 2. The molecule has 0 unspecified atom stereocenters. The molecule has 12 nitrogen and oxygen atoms in total. The van der Waals surface area contributed by atoms with Crippen LogP contribution in [0.15, 0.2) is 64.6 Å². The molecule has 44 heavy (non-hydrogen) atoms. The number of hydrogen-bond donors (Lipinski definition) is 1.